The molecule has 2 aromatic heterocycles. The summed E-state index contributed by atoms with van der Waals surface area (Å²) >= 11 is 0. The molecule has 3 aromatic rings. The molecule has 6 heteroatoms. The zero-order chi connectivity index (χ0) is 19.4. The molecule has 0 unspecified atom stereocenters. The van der Waals surface area contributed by atoms with E-state index in [1.807, 2.05) is 49.7 Å². The molecule has 1 aromatic carbocycles. The van der Waals surface area contributed by atoms with Crippen LogP contribution in [0.2, 0.25) is 0 Å². The molecule has 0 radical (unpaired) electrons. The molecule has 0 saturated carbocycles. The number of pyridine rings is 1. The van der Waals surface area contributed by atoms with Crippen LogP contribution in [0.15, 0.2) is 47.4 Å². The van der Waals surface area contributed by atoms with Gasteiger partial charge in [-0.1, -0.05) is 30.3 Å². The molecule has 0 aliphatic carbocycles. The summed E-state index contributed by atoms with van der Waals surface area (Å²) in [5.74, 6) is -0.128. The van der Waals surface area contributed by atoms with Gasteiger partial charge in [-0.3, -0.25) is 14.3 Å². The van der Waals surface area contributed by atoms with Gasteiger partial charge in [-0.15, -0.1) is 0 Å². The Hall–Kier alpha value is -3.15. The van der Waals surface area contributed by atoms with E-state index in [0.717, 1.165) is 28.1 Å². The number of carbonyl (C=O) groups is 1. The Kier molecular flexibility index (Phi) is 5.54. The Labute approximate surface area is 158 Å². The standard InChI is InChI=1S/C21H24N4O2/c1-14-9-15(2)24-21(27)19(14)12-22-20(26)10-18-11-23-25(16(18)3)13-17-7-5-4-6-8-17/h4-9,11H,10,12-13H2,1-3H3,(H,22,26)(H,24,27). The van der Waals surface area contributed by atoms with Crippen molar-refractivity contribution in [2.75, 3.05) is 0 Å². The van der Waals surface area contributed by atoms with Crippen LogP contribution in [0.25, 0.3) is 0 Å². The first kappa shape index (κ1) is 18.6. The summed E-state index contributed by atoms with van der Waals surface area (Å²) in [6.45, 7) is 6.57. The smallest absolute Gasteiger partial charge is 0.253 e. The number of nitrogens with zero attached hydrogens (tertiary/aromatic N) is 2. The van der Waals surface area contributed by atoms with Crippen LogP contribution < -0.4 is 10.9 Å². The highest BCUT2D eigenvalue weighted by atomic mass is 16.1. The molecule has 6 nitrogen and oxygen atoms in total. The van der Waals surface area contributed by atoms with Crippen LogP contribution in [0.1, 0.15) is 33.6 Å². The van der Waals surface area contributed by atoms with E-state index in [0.29, 0.717) is 12.1 Å². The summed E-state index contributed by atoms with van der Waals surface area (Å²) in [6.07, 6.45) is 1.98. The lowest BCUT2D eigenvalue weighted by molar-refractivity contribution is -0.120. The molecule has 0 saturated heterocycles. The van der Waals surface area contributed by atoms with Crippen molar-refractivity contribution in [3.05, 3.63) is 86.6 Å². The number of amides is 1. The van der Waals surface area contributed by atoms with Gasteiger partial charge in [0.25, 0.3) is 5.56 Å². The predicted octanol–water partition coefficient (Wildman–Crippen LogP) is 2.40. The van der Waals surface area contributed by atoms with Gasteiger partial charge in [0.2, 0.25) is 5.91 Å². The molecule has 0 bridgehead atoms. The molecule has 140 valence electrons. The van der Waals surface area contributed by atoms with Crippen molar-refractivity contribution in [3.63, 3.8) is 0 Å². The zero-order valence-corrected chi connectivity index (χ0v) is 15.9. The Morgan fingerprint density at radius 3 is 2.63 bits per heavy atom. The molecule has 0 aliphatic rings. The van der Waals surface area contributed by atoms with Gasteiger partial charge >= 0.3 is 0 Å². The van der Waals surface area contributed by atoms with E-state index < -0.39 is 0 Å². The predicted molar refractivity (Wildman–Crippen MR) is 105 cm³/mol. The minimum absolute atomic E-state index is 0.128. The van der Waals surface area contributed by atoms with Crippen molar-refractivity contribution >= 4 is 5.91 Å². The fourth-order valence-electron chi connectivity index (χ4n) is 3.10. The molecular weight excluding hydrogens is 340 g/mol. The van der Waals surface area contributed by atoms with E-state index in [9.17, 15) is 9.59 Å². The maximum atomic E-state index is 12.3. The lowest BCUT2D eigenvalue weighted by Crippen LogP contribution is -2.29. The lowest BCUT2D eigenvalue weighted by atomic mass is 10.1. The van der Waals surface area contributed by atoms with E-state index in [2.05, 4.69) is 27.5 Å². The van der Waals surface area contributed by atoms with Crippen LogP contribution in [0, 0.1) is 20.8 Å². The first-order valence-corrected chi connectivity index (χ1v) is 8.95. The van der Waals surface area contributed by atoms with Crippen molar-refractivity contribution in [2.24, 2.45) is 0 Å². The molecule has 0 spiro atoms. The van der Waals surface area contributed by atoms with Gasteiger partial charge in [-0.25, -0.2) is 0 Å². The van der Waals surface area contributed by atoms with Crippen molar-refractivity contribution in [2.45, 2.75) is 40.3 Å². The Bertz CT molecular complexity index is 1000. The summed E-state index contributed by atoms with van der Waals surface area (Å²) in [7, 11) is 0. The maximum Gasteiger partial charge on any atom is 0.253 e. The van der Waals surface area contributed by atoms with Gasteiger partial charge in [0, 0.05) is 29.1 Å². The van der Waals surface area contributed by atoms with Crippen LogP contribution in [0.3, 0.4) is 0 Å². The van der Waals surface area contributed by atoms with Crippen LogP contribution in [-0.4, -0.2) is 20.7 Å². The van der Waals surface area contributed by atoms with Gasteiger partial charge in [-0.05, 0) is 38.0 Å². The second-order valence-electron chi connectivity index (χ2n) is 6.80. The van der Waals surface area contributed by atoms with Crippen molar-refractivity contribution in [3.8, 4) is 0 Å². The highest BCUT2D eigenvalue weighted by Gasteiger charge is 2.12. The highest BCUT2D eigenvalue weighted by molar-refractivity contribution is 5.78. The molecule has 0 fully saturated rings. The second kappa shape index (κ2) is 8.03. The molecule has 2 N–H and O–H groups in total. The third-order valence-corrected chi connectivity index (χ3v) is 4.69. The van der Waals surface area contributed by atoms with Crippen molar-refractivity contribution in [1.29, 1.82) is 0 Å². The number of aromatic amines is 1. The van der Waals surface area contributed by atoms with Crippen LogP contribution in [0.5, 0.6) is 0 Å². The monoisotopic (exact) mass is 364 g/mol. The topological polar surface area (TPSA) is 79.8 Å². The van der Waals surface area contributed by atoms with E-state index in [1.165, 1.54) is 0 Å². The van der Waals surface area contributed by atoms with Gasteiger partial charge in [0.05, 0.1) is 19.2 Å². The molecule has 27 heavy (non-hydrogen) atoms. The van der Waals surface area contributed by atoms with Gasteiger partial charge in [-0.2, -0.15) is 5.10 Å². The summed E-state index contributed by atoms with van der Waals surface area (Å²) in [4.78, 5) is 27.1. The van der Waals surface area contributed by atoms with Gasteiger partial charge in [0.15, 0.2) is 0 Å². The summed E-state index contributed by atoms with van der Waals surface area (Å²) in [6, 6.07) is 12.0. The second-order valence-corrected chi connectivity index (χ2v) is 6.80. The summed E-state index contributed by atoms with van der Waals surface area (Å²) in [5, 5.41) is 7.24. The number of nitrogens with one attached hydrogen (secondary N) is 2. The van der Waals surface area contributed by atoms with E-state index in [-0.39, 0.29) is 24.4 Å². The van der Waals surface area contributed by atoms with Crippen LogP contribution in [-0.2, 0) is 24.3 Å². The molecule has 0 aliphatic heterocycles. The van der Waals surface area contributed by atoms with Crippen molar-refractivity contribution < 1.29 is 4.79 Å². The first-order chi connectivity index (χ1) is 12.9. The third kappa shape index (κ3) is 4.53. The number of rotatable bonds is 6. The fraction of sp³-hybridized carbons (Fsp3) is 0.286. The largest absolute Gasteiger partial charge is 0.352 e. The third-order valence-electron chi connectivity index (χ3n) is 4.69. The van der Waals surface area contributed by atoms with E-state index >= 15 is 0 Å². The average molecular weight is 364 g/mol. The van der Waals surface area contributed by atoms with Crippen LogP contribution >= 0.6 is 0 Å². The number of hydrogen-bond donors (Lipinski definition) is 2. The number of aromatic nitrogens is 3. The summed E-state index contributed by atoms with van der Waals surface area (Å²) in [5.41, 5.74) is 5.15. The molecule has 3 rings (SSSR count). The number of hydrogen-bond acceptors (Lipinski definition) is 3. The maximum absolute atomic E-state index is 12.3. The van der Waals surface area contributed by atoms with E-state index in [1.54, 1.807) is 6.20 Å². The van der Waals surface area contributed by atoms with E-state index in [4.69, 9.17) is 0 Å². The SMILES string of the molecule is Cc1cc(C)c(CNC(=O)Cc2cnn(Cc3ccccc3)c2C)c(=O)[nH]1. The van der Waals surface area contributed by atoms with Crippen molar-refractivity contribution in [1.82, 2.24) is 20.1 Å². The van der Waals surface area contributed by atoms with Gasteiger partial charge < -0.3 is 10.3 Å². The first-order valence-electron chi connectivity index (χ1n) is 8.95. The summed E-state index contributed by atoms with van der Waals surface area (Å²) < 4.78 is 1.90. The number of benzene rings is 1. The quantitative estimate of drug-likeness (QED) is 0.705. The zero-order valence-electron chi connectivity index (χ0n) is 15.9. The molecule has 1 amide bonds. The Morgan fingerprint density at radius 1 is 1.19 bits per heavy atom. The molecule has 2 heterocycles. The van der Waals surface area contributed by atoms with Crippen LogP contribution in [0.4, 0.5) is 0 Å². The number of carbonyl (C=O) groups excluding carboxylic acids is 1. The fourth-order valence-corrected chi connectivity index (χ4v) is 3.10. The minimum atomic E-state index is -0.153. The Morgan fingerprint density at radius 2 is 1.93 bits per heavy atom. The molecular formula is C21H24N4O2. The number of aryl methyl sites for hydroxylation is 2. The van der Waals surface area contributed by atoms with Gasteiger partial charge in [0.1, 0.15) is 0 Å². The average Bonchev–Trinajstić information content (AvgIpc) is 2.95. The highest BCUT2D eigenvalue weighted by Crippen LogP contribution is 2.11. The normalized spacial score (nSPS) is 10.8. The number of H-pyrrole nitrogens is 1. The lowest BCUT2D eigenvalue weighted by Gasteiger charge is -2.09. The minimum Gasteiger partial charge on any atom is -0.352 e. The Balaban J connectivity index is 1.63. The molecule has 0 atom stereocenters.